The van der Waals surface area contributed by atoms with Gasteiger partial charge in [-0.3, -0.25) is 4.79 Å². The van der Waals surface area contributed by atoms with Gasteiger partial charge in [0.15, 0.2) is 0 Å². The van der Waals surface area contributed by atoms with Gasteiger partial charge in [-0.15, -0.1) is 0 Å². The fourth-order valence-corrected chi connectivity index (χ4v) is 2.12. The van der Waals surface area contributed by atoms with E-state index in [4.69, 9.17) is 9.47 Å². The van der Waals surface area contributed by atoms with Crippen molar-refractivity contribution in [2.24, 2.45) is 0 Å². The van der Waals surface area contributed by atoms with Crippen LogP contribution in [0.2, 0.25) is 0 Å². The van der Waals surface area contributed by atoms with Crippen molar-refractivity contribution in [3.05, 3.63) is 59.7 Å². The molecule has 0 atom stereocenters. The third kappa shape index (κ3) is 6.30. The summed E-state index contributed by atoms with van der Waals surface area (Å²) in [6, 6.07) is 14.4. The van der Waals surface area contributed by atoms with E-state index in [0.29, 0.717) is 17.9 Å². The Morgan fingerprint density at radius 3 is 2.52 bits per heavy atom. The highest BCUT2D eigenvalue weighted by Gasteiger charge is 2.09. The normalized spacial score (nSPS) is 10.2. The zero-order valence-electron chi connectivity index (χ0n) is 14.6. The maximum absolute atomic E-state index is 12.0. The molecule has 0 fully saturated rings. The summed E-state index contributed by atoms with van der Waals surface area (Å²) in [5, 5.41) is 2.76. The lowest BCUT2D eigenvalue weighted by atomic mass is 10.2. The molecule has 0 spiro atoms. The van der Waals surface area contributed by atoms with Crippen LogP contribution < -0.4 is 10.1 Å². The lowest BCUT2D eigenvalue weighted by Crippen LogP contribution is -2.15. The van der Waals surface area contributed by atoms with Crippen molar-refractivity contribution in [2.75, 3.05) is 18.5 Å². The van der Waals surface area contributed by atoms with E-state index in [1.165, 1.54) is 0 Å². The van der Waals surface area contributed by atoms with Crippen molar-refractivity contribution in [1.82, 2.24) is 0 Å². The molecule has 0 saturated carbocycles. The van der Waals surface area contributed by atoms with Crippen LogP contribution in [0.3, 0.4) is 0 Å². The van der Waals surface area contributed by atoms with E-state index in [2.05, 4.69) is 5.32 Å². The minimum atomic E-state index is -0.388. The number of carbonyl (C=O) groups is 2. The largest absolute Gasteiger partial charge is 0.493 e. The number of anilines is 1. The van der Waals surface area contributed by atoms with Gasteiger partial charge in [0.1, 0.15) is 5.75 Å². The number of hydrogen-bond donors (Lipinski definition) is 1. The highest BCUT2D eigenvalue weighted by molar-refractivity contribution is 5.94. The summed E-state index contributed by atoms with van der Waals surface area (Å²) in [4.78, 5) is 23.8. The van der Waals surface area contributed by atoms with Crippen LogP contribution in [-0.4, -0.2) is 25.1 Å². The summed E-state index contributed by atoms with van der Waals surface area (Å²) in [6.45, 7) is 4.60. The van der Waals surface area contributed by atoms with Gasteiger partial charge in [-0.25, -0.2) is 4.79 Å². The van der Waals surface area contributed by atoms with Crippen molar-refractivity contribution in [3.63, 3.8) is 0 Å². The molecule has 0 aliphatic rings. The Morgan fingerprint density at radius 1 is 1.04 bits per heavy atom. The summed E-state index contributed by atoms with van der Waals surface area (Å²) < 4.78 is 10.6. The van der Waals surface area contributed by atoms with E-state index in [9.17, 15) is 9.59 Å². The average Bonchev–Trinajstić information content (AvgIpc) is 2.61. The first-order chi connectivity index (χ1) is 12.1. The first-order valence-electron chi connectivity index (χ1n) is 8.35. The molecule has 2 aromatic carbocycles. The number of ether oxygens (including phenoxy) is 2. The quantitative estimate of drug-likeness (QED) is 0.738. The molecule has 132 valence electrons. The average molecular weight is 341 g/mol. The molecular formula is C20H23NO4. The minimum Gasteiger partial charge on any atom is -0.493 e. The van der Waals surface area contributed by atoms with E-state index >= 15 is 0 Å². The molecule has 0 bridgehead atoms. The standard InChI is InChI=1S/C20H23NO4/c1-3-12-25-20(23)16-5-4-6-17(14-16)21-19(22)11-13-24-18-9-7-15(2)8-10-18/h4-10,14H,3,11-13H2,1-2H3,(H,21,22). The molecule has 0 aliphatic carbocycles. The number of nitrogens with one attached hydrogen (secondary N) is 1. The van der Waals surface area contributed by atoms with Crippen molar-refractivity contribution in [3.8, 4) is 5.75 Å². The number of benzene rings is 2. The maximum atomic E-state index is 12.0. The van der Waals surface area contributed by atoms with Gasteiger partial charge in [0.05, 0.1) is 25.2 Å². The molecule has 0 radical (unpaired) electrons. The predicted molar refractivity (Wildman–Crippen MR) is 96.9 cm³/mol. The number of amides is 1. The van der Waals surface area contributed by atoms with E-state index in [1.54, 1.807) is 24.3 Å². The third-order valence-electron chi connectivity index (χ3n) is 3.44. The number of aryl methyl sites for hydroxylation is 1. The van der Waals surface area contributed by atoms with Gasteiger partial charge in [-0.1, -0.05) is 30.7 Å². The Bertz CT molecular complexity index is 710. The molecule has 25 heavy (non-hydrogen) atoms. The third-order valence-corrected chi connectivity index (χ3v) is 3.44. The van der Waals surface area contributed by atoms with Gasteiger partial charge in [-0.05, 0) is 43.7 Å². The van der Waals surface area contributed by atoms with Gasteiger partial charge < -0.3 is 14.8 Å². The Balaban J connectivity index is 1.81. The van der Waals surface area contributed by atoms with Crippen molar-refractivity contribution in [2.45, 2.75) is 26.7 Å². The van der Waals surface area contributed by atoms with Crippen LogP contribution in [-0.2, 0) is 9.53 Å². The molecule has 0 saturated heterocycles. The van der Waals surface area contributed by atoms with Crippen molar-refractivity contribution < 1.29 is 19.1 Å². The molecule has 1 amide bonds. The monoisotopic (exact) mass is 341 g/mol. The fourth-order valence-electron chi connectivity index (χ4n) is 2.12. The SMILES string of the molecule is CCCOC(=O)c1cccc(NC(=O)CCOc2ccc(C)cc2)c1. The number of hydrogen-bond acceptors (Lipinski definition) is 4. The number of rotatable bonds is 8. The van der Waals surface area contributed by atoms with Gasteiger partial charge in [0, 0.05) is 5.69 Å². The minimum absolute atomic E-state index is 0.175. The molecule has 2 aromatic rings. The Kier molecular flexibility index (Phi) is 7.01. The van der Waals surface area contributed by atoms with E-state index in [1.807, 2.05) is 38.1 Å². The van der Waals surface area contributed by atoms with Crippen LogP contribution in [0, 0.1) is 6.92 Å². The van der Waals surface area contributed by atoms with Crippen LogP contribution in [0.25, 0.3) is 0 Å². The summed E-state index contributed by atoms with van der Waals surface area (Å²) in [6.07, 6.45) is 0.988. The molecule has 5 nitrogen and oxygen atoms in total. The van der Waals surface area contributed by atoms with Crippen LogP contribution in [0.5, 0.6) is 5.75 Å². The predicted octanol–water partition coefficient (Wildman–Crippen LogP) is 3.97. The van der Waals surface area contributed by atoms with Crippen LogP contribution in [0.15, 0.2) is 48.5 Å². The highest BCUT2D eigenvalue weighted by Crippen LogP contribution is 2.14. The number of carbonyl (C=O) groups excluding carboxylic acids is 2. The zero-order chi connectivity index (χ0) is 18.1. The molecule has 0 aliphatic heterocycles. The Labute approximate surface area is 148 Å². The second-order valence-electron chi connectivity index (χ2n) is 5.68. The first-order valence-corrected chi connectivity index (χ1v) is 8.35. The molecule has 0 aromatic heterocycles. The summed E-state index contributed by atoms with van der Waals surface area (Å²) in [7, 11) is 0. The zero-order valence-corrected chi connectivity index (χ0v) is 14.6. The van der Waals surface area contributed by atoms with Crippen LogP contribution in [0.4, 0.5) is 5.69 Å². The molecule has 5 heteroatoms. The van der Waals surface area contributed by atoms with Crippen molar-refractivity contribution >= 4 is 17.6 Å². The summed E-state index contributed by atoms with van der Waals surface area (Å²) in [5.74, 6) is 0.172. The van der Waals surface area contributed by atoms with E-state index < -0.39 is 0 Å². The van der Waals surface area contributed by atoms with Gasteiger partial charge in [-0.2, -0.15) is 0 Å². The summed E-state index contributed by atoms with van der Waals surface area (Å²) in [5.41, 5.74) is 2.14. The lowest BCUT2D eigenvalue weighted by Gasteiger charge is -2.09. The van der Waals surface area contributed by atoms with E-state index in [0.717, 1.165) is 17.7 Å². The summed E-state index contributed by atoms with van der Waals surface area (Å²) >= 11 is 0. The van der Waals surface area contributed by atoms with Crippen LogP contribution >= 0.6 is 0 Å². The maximum Gasteiger partial charge on any atom is 0.338 e. The van der Waals surface area contributed by atoms with Crippen LogP contribution in [0.1, 0.15) is 35.7 Å². The lowest BCUT2D eigenvalue weighted by molar-refractivity contribution is -0.116. The number of esters is 1. The fraction of sp³-hybridized carbons (Fsp3) is 0.300. The first kappa shape index (κ1) is 18.5. The highest BCUT2D eigenvalue weighted by atomic mass is 16.5. The molecule has 0 unspecified atom stereocenters. The van der Waals surface area contributed by atoms with Gasteiger partial charge >= 0.3 is 5.97 Å². The molecule has 0 heterocycles. The second kappa shape index (κ2) is 9.47. The van der Waals surface area contributed by atoms with Gasteiger partial charge in [0.25, 0.3) is 0 Å². The Hall–Kier alpha value is -2.82. The molecular weight excluding hydrogens is 318 g/mol. The smallest absolute Gasteiger partial charge is 0.338 e. The Morgan fingerprint density at radius 2 is 1.80 bits per heavy atom. The second-order valence-corrected chi connectivity index (χ2v) is 5.68. The topological polar surface area (TPSA) is 64.6 Å². The molecule has 1 N–H and O–H groups in total. The molecule has 2 rings (SSSR count). The van der Waals surface area contributed by atoms with Crippen molar-refractivity contribution in [1.29, 1.82) is 0 Å². The van der Waals surface area contributed by atoms with E-state index in [-0.39, 0.29) is 24.9 Å². The van der Waals surface area contributed by atoms with Gasteiger partial charge in [0.2, 0.25) is 5.91 Å².